The van der Waals surface area contributed by atoms with E-state index in [1.807, 2.05) is 6.92 Å². The summed E-state index contributed by atoms with van der Waals surface area (Å²) in [5.74, 6) is -1.25. The van der Waals surface area contributed by atoms with Gasteiger partial charge >= 0.3 is 6.18 Å². The third-order valence-corrected chi connectivity index (χ3v) is 7.16. The van der Waals surface area contributed by atoms with Gasteiger partial charge in [0, 0.05) is 23.1 Å². The van der Waals surface area contributed by atoms with Crippen LogP contribution >= 0.6 is 23.2 Å². The molecule has 0 saturated carbocycles. The predicted octanol–water partition coefficient (Wildman–Crippen LogP) is 5.11. The number of benzene rings is 2. The fourth-order valence-corrected chi connectivity index (χ4v) is 4.88. The summed E-state index contributed by atoms with van der Waals surface area (Å²) >= 11 is 12.3. The van der Waals surface area contributed by atoms with E-state index in [9.17, 15) is 31.2 Å². The highest BCUT2D eigenvalue weighted by molar-refractivity contribution is 7.92. The Hall–Kier alpha value is -2.50. The monoisotopic (exact) mass is 581 g/mol. The van der Waals surface area contributed by atoms with Crippen molar-refractivity contribution >= 4 is 50.7 Å². The number of halogens is 5. The Morgan fingerprint density at radius 1 is 1.08 bits per heavy atom. The van der Waals surface area contributed by atoms with E-state index in [4.69, 9.17) is 23.2 Å². The maximum absolute atomic E-state index is 13.6. The molecule has 0 aliphatic heterocycles. The first-order valence-electron chi connectivity index (χ1n) is 11.3. The first-order valence-corrected chi connectivity index (χ1v) is 14.0. The lowest BCUT2D eigenvalue weighted by molar-refractivity contribution is -0.140. The molecule has 2 rings (SSSR count). The fraction of sp³-hybridized carbons (Fsp3) is 0.417. The first kappa shape index (κ1) is 30.7. The molecule has 0 bridgehead atoms. The number of amides is 2. The second-order valence-electron chi connectivity index (χ2n) is 8.29. The van der Waals surface area contributed by atoms with Gasteiger partial charge in [-0.2, -0.15) is 13.2 Å². The maximum Gasteiger partial charge on any atom is 0.416 e. The average molecular weight is 582 g/mol. The number of alkyl halides is 3. The molecule has 0 aliphatic rings. The van der Waals surface area contributed by atoms with Crippen LogP contribution in [0.3, 0.4) is 0 Å². The van der Waals surface area contributed by atoms with Gasteiger partial charge in [-0.05, 0) is 48.7 Å². The summed E-state index contributed by atoms with van der Waals surface area (Å²) in [5.41, 5.74) is -0.953. The quantitative estimate of drug-likeness (QED) is 0.399. The molecule has 37 heavy (non-hydrogen) atoms. The van der Waals surface area contributed by atoms with Gasteiger partial charge in [-0.3, -0.25) is 13.9 Å². The molecule has 204 valence electrons. The lowest BCUT2D eigenvalue weighted by atomic mass is 10.1. The Kier molecular flexibility index (Phi) is 10.7. The van der Waals surface area contributed by atoms with Crippen LogP contribution in [0.1, 0.15) is 37.8 Å². The Bertz CT molecular complexity index is 1230. The van der Waals surface area contributed by atoms with Gasteiger partial charge in [-0.1, -0.05) is 49.2 Å². The fourth-order valence-electron chi connectivity index (χ4n) is 3.57. The van der Waals surface area contributed by atoms with Gasteiger partial charge in [-0.15, -0.1) is 0 Å². The van der Waals surface area contributed by atoms with Crippen LogP contribution in [0.25, 0.3) is 0 Å². The SMILES string of the molecule is CCCNC(=O)[C@@H](CC)N(Cc1ccc(Cl)cc1Cl)C(=O)CN(c1cccc(C(F)(F)F)c1)S(C)(=O)=O. The molecule has 13 heteroatoms. The number of nitrogens with one attached hydrogen (secondary N) is 1. The summed E-state index contributed by atoms with van der Waals surface area (Å²) in [6.45, 7) is 2.91. The average Bonchev–Trinajstić information content (AvgIpc) is 2.81. The summed E-state index contributed by atoms with van der Waals surface area (Å²) in [4.78, 5) is 27.6. The lowest BCUT2D eigenvalue weighted by Gasteiger charge is -2.33. The Morgan fingerprint density at radius 2 is 1.76 bits per heavy atom. The molecule has 1 atom stereocenters. The third-order valence-electron chi connectivity index (χ3n) is 5.43. The molecule has 0 aromatic heterocycles. The molecule has 2 aromatic rings. The van der Waals surface area contributed by atoms with Crippen LogP contribution in [-0.4, -0.2) is 50.5 Å². The minimum absolute atomic E-state index is 0.160. The van der Waals surface area contributed by atoms with Gasteiger partial charge in [0.2, 0.25) is 21.8 Å². The van der Waals surface area contributed by atoms with Crippen LogP contribution in [0, 0.1) is 0 Å². The normalized spacial score (nSPS) is 12.6. The number of carbonyl (C=O) groups is 2. The second-order valence-corrected chi connectivity index (χ2v) is 11.0. The number of hydrogen-bond donors (Lipinski definition) is 1. The molecule has 0 saturated heterocycles. The van der Waals surface area contributed by atoms with Crippen molar-refractivity contribution in [3.05, 3.63) is 63.6 Å². The van der Waals surface area contributed by atoms with Crippen LogP contribution in [0.2, 0.25) is 10.0 Å². The third kappa shape index (κ3) is 8.51. The van der Waals surface area contributed by atoms with E-state index >= 15 is 0 Å². The number of carbonyl (C=O) groups excluding carboxylic acids is 2. The van der Waals surface area contributed by atoms with E-state index in [1.165, 1.54) is 11.0 Å². The standard InChI is InChI=1S/C24H28Cl2F3N3O4S/c1-4-11-30-23(34)21(5-2)31(14-16-9-10-18(25)13-20(16)26)22(33)15-32(37(3,35)36)19-8-6-7-17(12-19)24(27,28)29/h6-10,12-13,21H,4-5,11,14-15H2,1-3H3,(H,30,34)/t21-/m1/s1. The minimum Gasteiger partial charge on any atom is -0.354 e. The molecule has 0 spiro atoms. The van der Waals surface area contributed by atoms with Gasteiger partial charge in [0.05, 0.1) is 17.5 Å². The van der Waals surface area contributed by atoms with Gasteiger partial charge in [0.15, 0.2) is 0 Å². The summed E-state index contributed by atoms with van der Waals surface area (Å²) in [7, 11) is -4.19. The highest BCUT2D eigenvalue weighted by Gasteiger charge is 2.34. The van der Waals surface area contributed by atoms with Crippen LogP contribution in [0.15, 0.2) is 42.5 Å². The summed E-state index contributed by atoms with van der Waals surface area (Å²) in [6.07, 6.45) is -3.09. The van der Waals surface area contributed by atoms with Crippen LogP contribution in [-0.2, 0) is 32.3 Å². The molecule has 7 nitrogen and oxygen atoms in total. The van der Waals surface area contributed by atoms with Crippen LogP contribution in [0.4, 0.5) is 18.9 Å². The molecule has 0 aliphatic carbocycles. The minimum atomic E-state index is -4.72. The van der Waals surface area contributed by atoms with Crippen molar-refractivity contribution in [2.24, 2.45) is 0 Å². The Morgan fingerprint density at radius 3 is 2.30 bits per heavy atom. The number of nitrogens with zero attached hydrogens (tertiary/aromatic N) is 2. The zero-order valence-corrected chi connectivity index (χ0v) is 22.8. The topological polar surface area (TPSA) is 86.8 Å². The smallest absolute Gasteiger partial charge is 0.354 e. The van der Waals surface area contributed by atoms with Crippen molar-refractivity contribution in [2.75, 3.05) is 23.7 Å². The lowest BCUT2D eigenvalue weighted by Crippen LogP contribution is -2.52. The van der Waals surface area contributed by atoms with Gasteiger partial charge in [-0.25, -0.2) is 8.42 Å². The predicted molar refractivity (Wildman–Crippen MR) is 138 cm³/mol. The van der Waals surface area contributed by atoms with Gasteiger partial charge < -0.3 is 10.2 Å². The van der Waals surface area contributed by atoms with E-state index in [0.717, 1.165) is 24.5 Å². The van der Waals surface area contributed by atoms with Crippen molar-refractivity contribution in [1.29, 1.82) is 0 Å². The summed E-state index contributed by atoms with van der Waals surface area (Å²) in [6, 6.07) is 7.26. The first-order chi connectivity index (χ1) is 17.2. The molecular formula is C24H28Cl2F3N3O4S. The summed E-state index contributed by atoms with van der Waals surface area (Å²) in [5, 5.41) is 3.31. The second kappa shape index (κ2) is 12.8. The van der Waals surface area contributed by atoms with Gasteiger partial charge in [0.25, 0.3) is 0 Å². The molecule has 2 amide bonds. The highest BCUT2D eigenvalue weighted by atomic mass is 35.5. The van der Waals surface area contributed by atoms with Crippen molar-refractivity contribution < 1.29 is 31.2 Å². The molecular weight excluding hydrogens is 554 g/mol. The van der Waals surface area contributed by atoms with E-state index in [0.29, 0.717) is 33.9 Å². The highest BCUT2D eigenvalue weighted by Crippen LogP contribution is 2.32. The maximum atomic E-state index is 13.6. The van der Waals surface area contributed by atoms with Crippen molar-refractivity contribution in [3.63, 3.8) is 0 Å². The largest absolute Gasteiger partial charge is 0.416 e. The molecule has 0 unspecified atom stereocenters. The number of rotatable bonds is 11. The van der Waals surface area contributed by atoms with E-state index in [-0.39, 0.29) is 23.7 Å². The van der Waals surface area contributed by atoms with Crippen LogP contribution in [0.5, 0.6) is 0 Å². The number of anilines is 1. The van der Waals surface area contributed by atoms with Crippen molar-refractivity contribution in [2.45, 2.75) is 45.5 Å². The number of sulfonamides is 1. The number of hydrogen-bond acceptors (Lipinski definition) is 4. The molecule has 2 aromatic carbocycles. The van der Waals surface area contributed by atoms with Crippen LogP contribution < -0.4 is 9.62 Å². The molecule has 0 fully saturated rings. The Balaban J connectivity index is 2.51. The van der Waals surface area contributed by atoms with E-state index in [2.05, 4.69) is 5.32 Å². The Labute approximate surface area is 224 Å². The van der Waals surface area contributed by atoms with E-state index in [1.54, 1.807) is 19.1 Å². The summed E-state index contributed by atoms with van der Waals surface area (Å²) < 4.78 is 65.5. The zero-order valence-electron chi connectivity index (χ0n) is 20.5. The molecule has 0 radical (unpaired) electrons. The molecule has 1 N–H and O–H groups in total. The van der Waals surface area contributed by atoms with Crippen molar-refractivity contribution in [3.8, 4) is 0 Å². The zero-order chi connectivity index (χ0) is 28.0. The van der Waals surface area contributed by atoms with Crippen molar-refractivity contribution in [1.82, 2.24) is 10.2 Å². The van der Waals surface area contributed by atoms with Gasteiger partial charge in [0.1, 0.15) is 12.6 Å². The van der Waals surface area contributed by atoms with E-state index < -0.39 is 46.2 Å². The molecule has 0 heterocycles.